The maximum Gasteiger partial charge on any atom is 0.191 e. The van der Waals surface area contributed by atoms with Gasteiger partial charge >= 0.3 is 0 Å². The van der Waals surface area contributed by atoms with Gasteiger partial charge in [0, 0.05) is 25.2 Å². The lowest BCUT2D eigenvalue weighted by molar-refractivity contribution is 0.475. The van der Waals surface area contributed by atoms with E-state index in [1.807, 2.05) is 48.5 Å². The molecule has 0 amide bonds. The summed E-state index contributed by atoms with van der Waals surface area (Å²) in [5.41, 5.74) is 1.10. The predicted octanol–water partition coefficient (Wildman–Crippen LogP) is 3.31. The Kier molecular flexibility index (Phi) is 4.59. The Labute approximate surface area is 131 Å². The van der Waals surface area contributed by atoms with Crippen molar-refractivity contribution in [2.24, 2.45) is 4.99 Å². The average molecular weight is 295 g/mol. The zero-order valence-corrected chi connectivity index (χ0v) is 12.8. The maximum atomic E-state index is 5.97. The number of hydrogen-bond donors (Lipinski definition) is 2. The third-order valence-electron chi connectivity index (χ3n) is 3.53. The Morgan fingerprint density at radius 1 is 1.09 bits per heavy atom. The number of para-hydroxylation sites is 2. The molecule has 0 unspecified atom stereocenters. The Bertz CT molecular complexity index is 636. The van der Waals surface area contributed by atoms with Crippen molar-refractivity contribution in [3.05, 3.63) is 60.2 Å². The molecule has 0 aromatic heterocycles. The molecule has 4 nitrogen and oxygen atoms in total. The van der Waals surface area contributed by atoms with Crippen LogP contribution in [0.5, 0.6) is 11.5 Å². The molecule has 1 saturated carbocycles. The van der Waals surface area contributed by atoms with E-state index in [1.165, 1.54) is 12.8 Å². The molecule has 3 rings (SSSR count). The fourth-order valence-electron chi connectivity index (χ4n) is 2.16. The first-order valence-corrected chi connectivity index (χ1v) is 7.63. The molecule has 0 aliphatic heterocycles. The van der Waals surface area contributed by atoms with E-state index in [-0.39, 0.29) is 0 Å². The number of nitrogens with zero attached hydrogens (tertiary/aromatic N) is 1. The third kappa shape index (κ3) is 4.01. The monoisotopic (exact) mass is 295 g/mol. The number of nitrogens with one attached hydrogen (secondary N) is 2. The second-order valence-electron chi connectivity index (χ2n) is 5.37. The van der Waals surface area contributed by atoms with Crippen LogP contribution in [0.3, 0.4) is 0 Å². The minimum Gasteiger partial charge on any atom is -0.457 e. The Hall–Kier alpha value is -2.49. The fraction of sp³-hybridized carbons (Fsp3) is 0.278. The van der Waals surface area contributed by atoms with Crippen molar-refractivity contribution < 1.29 is 4.74 Å². The van der Waals surface area contributed by atoms with Crippen molar-refractivity contribution in [2.75, 3.05) is 7.05 Å². The average Bonchev–Trinajstić information content (AvgIpc) is 3.38. The summed E-state index contributed by atoms with van der Waals surface area (Å²) in [6.45, 7) is 0.676. The minimum atomic E-state index is 0.585. The van der Waals surface area contributed by atoms with Gasteiger partial charge in [0.05, 0.1) is 0 Å². The van der Waals surface area contributed by atoms with Crippen molar-refractivity contribution in [1.29, 1.82) is 0 Å². The highest BCUT2D eigenvalue weighted by molar-refractivity contribution is 5.80. The molecule has 114 valence electrons. The lowest BCUT2D eigenvalue weighted by atomic mass is 10.2. The second-order valence-corrected chi connectivity index (χ2v) is 5.37. The van der Waals surface area contributed by atoms with Crippen LogP contribution in [0.25, 0.3) is 0 Å². The van der Waals surface area contributed by atoms with Gasteiger partial charge in [0.25, 0.3) is 0 Å². The van der Waals surface area contributed by atoms with E-state index in [4.69, 9.17) is 4.74 Å². The van der Waals surface area contributed by atoms with Gasteiger partial charge in [-0.2, -0.15) is 0 Å². The van der Waals surface area contributed by atoms with Crippen molar-refractivity contribution in [2.45, 2.75) is 25.4 Å². The maximum absolute atomic E-state index is 5.97. The van der Waals surface area contributed by atoms with E-state index in [1.54, 1.807) is 7.05 Å². The van der Waals surface area contributed by atoms with Crippen LogP contribution in [-0.4, -0.2) is 19.0 Å². The van der Waals surface area contributed by atoms with Crippen LogP contribution >= 0.6 is 0 Å². The number of rotatable bonds is 5. The van der Waals surface area contributed by atoms with Gasteiger partial charge < -0.3 is 15.4 Å². The van der Waals surface area contributed by atoms with Gasteiger partial charge in [-0.25, -0.2) is 0 Å². The van der Waals surface area contributed by atoms with E-state index >= 15 is 0 Å². The normalized spacial score (nSPS) is 14.5. The molecule has 4 heteroatoms. The van der Waals surface area contributed by atoms with Crippen molar-refractivity contribution >= 4 is 5.96 Å². The van der Waals surface area contributed by atoms with Crippen LogP contribution < -0.4 is 15.4 Å². The first kappa shape index (κ1) is 14.4. The van der Waals surface area contributed by atoms with E-state index in [2.05, 4.69) is 21.7 Å². The highest BCUT2D eigenvalue weighted by atomic mass is 16.5. The number of ether oxygens (including phenoxy) is 1. The highest BCUT2D eigenvalue weighted by Crippen LogP contribution is 2.25. The van der Waals surface area contributed by atoms with Crippen molar-refractivity contribution in [1.82, 2.24) is 10.6 Å². The quantitative estimate of drug-likeness (QED) is 0.657. The Morgan fingerprint density at radius 3 is 2.55 bits per heavy atom. The third-order valence-corrected chi connectivity index (χ3v) is 3.53. The van der Waals surface area contributed by atoms with Gasteiger partial charge in [0.2, 0.25) is 0 Å². The largest absolute Gasteiger partial charge is 0.457 e. The lowest BCUT2D eigenvalue weighted by Crippen LogP contribution is -2.38. The van der Waals surface area contributed by atoms with Gasteiger partial charge in [0.15, 0.2) is 5.96 Å². The molecule has 0 bridgehead atoms. The molecule has 0 radical (unpaired) electrons. The summed E-state index contributed by atoms with van der Waals surface area (Å²) in [6.07, 6.45) is 2.46. The number of aliphatic imine (C=N–C) groups is 1. The van der Waals surface area contributed by atoms with Crippen LogP contribution in [0, 0.1) is 0 Å². The summed E-state index contributed by atoms with van der Waals surface area (Å²) in [5, 5.41) is 6.72. The molecule has 22 heavy (non-hydrogen) atoms. The zero-order valence-electron chi connectivity index (χ0n) is 12.8. The molecule has 1 fully saturated rings. The van der Waals surface area contributed by atoms with Crippen molar-refractivity contribution in [3.63, 3.8) is 0 Å². The molecule has 2 N–H and O–H groups in total. The van der Waals surface area contributed by atoms with Crippen LogP contribution in [0.2, 0.25) is 0 Å². The zero-order chi connectivity index (χ0) is 15.2. The predicted molar refractivity (Wildman–Crippen MR) is 89.3 cm³/mol. The van der Waals surface area contributed by atoms with E-state index in [9.17, 15) is 0 Å². The summed E-state index contributed by atoms with van der Waals surface area (Å²) in [7, 11) is 1.80. The standard InChI is InChI=1S/C18H21N3O/c1-19-18(21-15-11-12-15)20-13-14-7-5-6-10-17(14)22-16-8-3-2-4-9-16/h2-10,15H,11-13H2,1H3,(H2,19,20,21). The van der Waals surface area contributed by atoms with E-state index in [0.717, 1.165) is 23.0 Å². The van der Waals surface area contributed by atoms with E-state index in [0.29, 0.717) is 12.6 Å². The van der Waals surface area contributed by atoms with Gasteiger partial charge in [0.1, 0.15) is 11.5 Å². The van der Waals surface area contributed by atoms with Crippen molar-refractivity contribution in [3.8, 4) is 11.5 Å². The first-order valence-electron chi connectivity index (χ1n) is 7.63. The summed E-state index contributed by atoms with van der Waals surface area (Å²) < 4.78 is 5.97. The molecule has 1 aliphatic rings. The van der Waals surface area contributed by atoms with Gasteiger partial charge in [-0.15, -0.1) is 0 Å². The van der Waals surface area contributed by atoms with Gasteiger partial charge in [-0.05, 0) is 31.0 Å². The first-order chi connectivity index (χ1) is 10.8. The highest BCUT2D eigenvalue weighted by Gasteiger charge is 2.22. The molecule has 0 atom stereocenters. The molecule has 1 aliphatic carbocycles. The van der Waals surface area contributed by atoms with E-state index < -0.39 is 0 Å². The summed E-state index contributed by atoms with van der Waals surface area (Å²) in [6, 6.07) is 18.5. The molecule has 2 aromatic rings. The molecular formula is C18H21N3O. The van der Waals surface area contributed by atoms with Crippen LogP contribution in [0.1, 0.15) is 18.4 Å². The molecular weight excluding hydrogens is 274 g/mol. The molecule has 0 spiro atoms. The smallest absolute Gasteiger partial charge is 0.191 e. The fourth-order valence-corrected chi connectivity index (χ4v) is 2.16. The minimum absolute atomic E-state index is 0.585. The SMILES string of the molecule is CN=C(NCc1ccccc1Oc1ccccc1)NC1CC1. The number of benzene rings is 2. The molecule has 0 saturated heterocycles. The summed E-state index contributed by atoms with van der Waals surface area (Å²) >= 11 is 0. The van der Waals surface area contributed by atoms with Crippen LogP contribution in [0.4, 0.5) is 0 Å². The molecule has 0 heterocycles. The van der Waals surface area contributed by atoms with Crippen LogP contribution in [0.15, 0.2) is 59.6 Å². The lowest BCUT2D eigenvalue weighted by Gasteiger charge is -2.14. The number of hydrogen-bond acceptors (Lipinski definition) is 2. The summed E-state index contributed by atoms with van der Waals surface area (Å²) in [5.74, 6) is 2.55. The second kappa shape index (κ2) is 6.98. The number of guanidine groups is 1. The van der Waals surface area contributed by atoms with Crippen LogP contribution in [-0.2, 0) is 6.54 Å². The molecule has 2 aromatic carbocycles. The van der Waals surface area contributed by atoms with Gasteiger partial charge in [-0.3, -0.25) is 4.99 Å². The summed E-state index contributed by atoms with van der Waals surface area (Å²) in [4.78, 5) is 4.25. The Morgan fingerprint density at radius 2 is 1.82 bits per heavy atom. The Balaban J connectivity index is 1.65. The topological polar surface area (TPSA) is 45.7 Å². The van der Waals surface area contributed by atoms with Gasteiger partial charge in [-0.1, -0.05) is 36.4 Å².